The molecule has 0 unspecified atom stereocenters. The van der Waals surface area contributed by atoms with Crippen molar-refractivity contribution in [1.82, 2.24) is 14.3 Å². The van der Waals surface area contributed by atoms with Crippen LogP contribution in [0.25, 0.3) is 16.6 Å². The maximum atomic E-state index is 12.4. The van der Waals surface area contributed by atoms with Crippen molar-refractivity contribution in [2.45, 2.75) is 40.7 Å². The van der Waals surface area contributed by atoms with Gasteiger partial charge in [0.25, 0.3) is 0 Å². The van der Waals surface area contributed by atoms with Gasteiger partial charge in [0, 0.05) is 42.1 Å². The highest BCUT2D eigenvalue weighted by Crippen LogP contribution is 2.36. The van der Waals surface area contributed by atoms with Gasteiger partial charge < -0.3 is 5.11 Å². The van der Waals surface area contributed by atoms with Gasteiger partial charge in [-0.25, -0.2) is 0 Å². The molecule has 4 rings (SSSR count). The Bertz CT molecular complexity index is 1290. The van der Waals surface area contributed by atoms with Crippen molar-refractivity contribution in [2.75, 3.05) is 6.54 Å². The Hall–Kier alpha value is -3.67. The smallest absolute Gasteiger partial charge is 0.206 e. The zero-order valence-corrected chi connectivity index (χ0v) is 19.0. The average molecular weight is 429 g/mol. The number of ketones is 1. The van der Waals surface area contributed by atoms with Crippen LogP contribution in [-0.2, 0) is 11.3 Å². The molecule has 0 amide bonds. The van der Waals surface area contributed by atoms with Gasteiger partial charge in [-0.2, -0.15) is 5.10 Å². The molecular weight excluding hydrogens is 400 g/mol. The minimum Gasteiger partial charge on any atom is -0.494 e. The Balaban J connectivity index is 1.70. The third-order valence-corrected chi connectivity index (χ3v) is 5.60. The highest BCUT2D eigenvalue weighted by Gasteiger charge is 2.20. The predicted molar refractivity (Wildman–Crippen MR) is 128 cm³/mol. The van der Waals surface area contributed by atoms with Gasteiger partial charge in [0.15, 0.2) is 5.78 Å². The Kier molecular flexibility index (Phi) is 5.95. The number of carbonyl (C=O) groups excluding carboxylic acids is 1. The van der Waals surface area contributed by atoms with E-state index in [0.717, 1.165) is 33.3 Å². The number of carbonyl (C=O) groups is 1. The van der Waals surface area contributed by atoms with E-state index in [0.29, 0.717) is 24.2 Å². The molecule has 6 heteroatoms. The third-order valence-electron chi connectivity index (χ3n) is 5.60. The normalized spacial score (nSPS) is 11.9. The molecule has 1 N–H and O–H groups in total. The highest BCUT2D eigenvalue weighted by atomic mass is 16.3. The summed E-state index contributed by atoms with van der Waals surface area (Å²) in [5.41, 5.74) is 6.50. The lowest BCUT2D eigenvalue weighted by Gasteiger charge is -2.10. The lowest BCUT2D eigenvalue weighted by molar-refractivity contribution is -0.117. The molecule has 32 heavy (non-hydrogen) atoms. The van der Waals surface area contributed by atoms with Crippen LogP contribution < -0.4 is 0 Å². The van der Waals surface area contributed by atoms with Gasteiger partial charge in [0.2, 0.25) is 5.88 Å². The lowest BCUT2D eigenvalue weighted by Crippen LogP contribution is -2.10. The van der Waals surface area contributed by atoms with E-state index < -0.39 is 0 Å². The van der Waals surface area contributed by atoms with Crippen LogP contribution >= 0.6 is 0 Å². The Labute approximate surface area is 187 Å². The van der Waals surface area contributed by atoms with Crippen LogP contribution in [-0.4, -0.2) is 37.5 Å². The molecule has 2 heterocycles. The second-order valence-electron chi connectivity index (χ2n) is 8.36. The second-order valence-corrected chi connectivity index (χ2v) is 8.36. The molecule has 2 aromatic heterocycles. The van der Waals surface area contributed by atoms with E-state index >= 15 is 0 Å². The zero-order chi connectivity index (χ0) is 22.8. The molecule has 4 aromatic rings. The molecule has 0 aliphatic rings. The molecule has 0 aliphatic carbocycles. The number of aliphatic imine (C=N–C) groups is 1. The fourth-order valence-electron chi connectivity index (χ4n) is 4.12. The summed E-state index contributed by atoms with van der Waals surface area (Å²) in [7, 11) is 0. The minimum absolute atomic E-state index is 0.0354. The standard InChI is InChI=1S/C26H28N4O2/c1-17-6-7-23-24(15-17)30(21-13-18(2)12-19(3)14-21)26(32)25(23)20(4)27-16-22(31)8-11-29-10-5-9-28-29/h5-7,9-10,12-15,32H,8,11,16H2,1-4H3. The molecule has 6 nitrogen and oxygen atoms in total. The Morgan fingerprint density at radius 3 is 2.50 bits per heavy atom. The van der Waals surface area contributed by atoms with Crippen LogP contribution in [0.4, 0.5) is 0 Å². The lowest BCUT2D eigenvalue weighted by atomic mass is 10.1. The maximum Gasteiger partial charge on any atom is 0.206 e. The van der Waals surface area contributed by atoms with E-state index in [4.69, 9.17) is 0 Å². The first-order valence-electron chi connectivity index (χ1n) is 10.8. The molecule has 0 aliphatic heterocycles. The van der Waals surface area contributed by atoms with Gasteiger partial charge >= 0.3 is 0 Å². The number of nitrogens with zero attached hydrogens (tertiary/aromatic N) is 4. The summed E-state index contributed by atoms with van der Waals surface area (Å²) in [6.45, 7) is 8.60. The number of aromatic nitrogens is 3. The molecule has 0 fully saturated rings. The quantitative estimate of drug-likeness (QED) is 0.424. The molecule has 0 radical (unpaired) electrons. The fraction of sp³-hybridized carbons (Fsp3) is 0.269. The summed E-state index contributed by atoms with van der Waals surface area (Å²) in [6.07, 6.45) is 3.90. The van der Waals surface area contributed by atoms with Crippen LogP contribution in [0, 0.1) is 20.8 Å². The summed E-state index contributed by atoms with van der Waals surface area (Å²) < 4.78 is 3.61. The van der Waals surface area contributed by atoms with Crippen LogP contribution in [0.3, 0.4) is 0 Å². The second kappa shape index (κ2) is 8.83. The minimum atomic E-state index is 0.0354. The summed E-state index contributed by atoms with van der Waals surface area (Å²) >= 11 is 0. The first-order chi connectivity index (χ1) is 15.3. The van der Waals surface area contributed by atoms with E-state index in [1.807, 2.05) is 56.7 Å². The zero-order valence-electron chi connectivity index (χ0n) is 19.0. The highest BCUT2D eigenvalue weighted by molar-refractivity contribution is 6.13. The number of hydrogen-bond acceptors (Lipinski definition) is 4. The van der Waals surface area contributed by atoms with Crippen molar-refractivity contribution in [3.63, 3.8) is 0 Å². The van der Waals surface area contributed by atoms with Crippen LogP contribution in [0.1, 0.15) is 35.6 Å². The van der Waals surface area contributed by atoms with Gasteiger partial charge in [0.1, 0.15) is 0 Å². The monoisotopic (exact) mass is 428 g/mol. The van der Waals surface area contributed by atoms with Gasteiger partial charge in [-0.1, -0.05) is 18.2 Å². The number of hydrogen-bond donors (Lipinski definition) is 1. The van der Waals surface area contributed by atoms with E-state index in [1.165, 1.54) is 0 Å². The molecule has 0 atom stereocenters. The van der Waals surface area contributed by atoms with Crippen LogP contribution in [0.2, 0.25) is 0 Å². The summed E-state index contributed by atoms with van der Waals surface area (Å²) in [5.74, 6) is 0.175. The SMILES string of the molecule is CC(=NCC(=O)CCn1cccn1)c1c(O)n(-c2cc(C)cc(C)c2)c2cc(C)ccc12. The molecule has 2 aromatic carbocycles. The molecule has 164 valence electrons. The Morgan fingerprint density at radius 2 is 1.81 bits per heavy atom. The molecule has 0 saturated heterocycles. The largest absolute Gasteiger partial charge is 0.494 e. The molecular formula is C26H28N4O2. The number of aryl methyl sites for hydroxylation is 4. The molecule has 0 spiro atoms. The summed E-state index contributed by atoms with van der Waals surface area (Å²) in [4.78, 5) is 16.9. The fourth-order valence-corrected chi connectivity index (χ4v) is 4.12. The first kappa shape index (κ1) is 21.6. The van der Waals surface area contributed by atoms with E-state index in [-0.39, 0.29) is 18.2 Å². The van der Waals surface area contributed by atoms with Crippen LogP contribution in [0.5, 0.6) is 5.88 Å². The predicted octanol–water partition coefficient (Wildman–Crippen LogP) is 4.93. The van der Waals surface area contributed by atoms with Crippen molar-refractivity contribution >= 4 is 22.4 Å². The van der Waals surface area contributed by atoms with Gasteiger partial charge in [0.05, 0.1) is 17.6 Å². The number of benzene rings is 2. The van der Waals surface area contributed by atoms with E-state index in [2.05, 4.69) is 34.4 Å². The van der Waals surface area contributed by atoms with Crippen molar-refractivity contribution in [3.05, 3.63) is 77.1 Å². The maximum absolute atomic E-state index is 12.4. The Morgan fingerprint density at radius 1 is 1.06 bits per heavy atom. The number of aromatic hydroxyl groups is 1. The van der Waals surface area contributed by atoms with Crippen LogP contribution in [0.15, 0.2) is 59.9 Å². The third kappa shape index (κ3) is 4.35. The van der Waals surface area contributed by atoms with Crippen molar-refractivity contribution in [2.24, 2.45) is 4.99 Å². The van der Waals surface area contributed by atoms with Crippen molar-refractivity contribution in [3.8, 4) is 11.6 Å². The van der Waals surface area contributed by atoms with Gasteiger partial charge in [-0.15, -0.1) is 0 Å². The molecule has 0 saturated carbocycles. The van der Waals surface area contributed by atoms with E-state index in [9.17, 15) is 9.90 Å². The topological polar surface area (TPSA) is 72.4 Å². The summed E-state index contributed by atoms with van der Waals surface area (Å²) in [5, 5.41) is 16.3. The number of rotatable bonds is 7. The first-order valence-corrected chi connectivity index (χ1v) is 10.8. The number of Topliss-reactive ketones (excluding diaryl/α,β-unsaturated/α-hetero) is 1. The van der Waals surface area contributed by atoms with E-state index in [1.54, 1.807) is 10.9 Å². The van der Waals surface area contributed by atoms with Gasteiger partial charge in [-0.3, -0.25) is 19.0 Å². The number of fused-ring (bicyclic) bond motifs is 1. The summed E-state index contributed by atoms with van der Waals surface area (Å²) in [6, 6.07) is 14.2. The average Bonchev–Trinajstić information content (AvgIpc) is 3.35. The molecule has 0 bridgehead atoms. The van der Waals surface area contributed by atoms with Crippen molar-refractivity contribution < 1.29 is 9.90 Å². The van der Waals surface area contributed by atoms with Crippen molar-refractivity contribution in [1.29, 1.82) is 0 Å². The van der Waals surface area contributed by atoms with Gasteiger partial charge in [-0.05, 0) is 68.7 Å².